The smallest absolute Gasteiger partial charge is 0.306 e. The first-order valence-electron chi connectivity index (χ1n) is 9.21. The molecule has 2 aromatic carbocycles. The fraction of sp³-hybridized carbons (Fsp3) is 0.350. The van der Waals surface area contributed by atoms with Crippen molar-refractivity contribution in [3.05, 3.63) is 62.7 Å². The van der Waals surface area contributed by atoms with Crippen LogP contribution in [0.15, 0.2) is 36.4 Å². The molecular weight excluding hydrogens is 448 g/mol. The number of hydrogen-bond donors (Lipinski definition) is 0. The molecule has 0 radical (unpaired) electrons. The lowest BCUT2D eigenvalue weighted by molar-refractivity contribution is -0.384. The average molecular weight is 471 g/mol. The maximum atomic E-state index is 13.1. The van der Waals surface area contributed by atoms with Crippen LogP contribution >= 0.6 is 11.6 Å². The number of carbonyl (C=O) groups excluding carboxylic acids is 1. The number of amides is 1. The molecule has 0 aliphatic carbocycles. The van der Waals surface area contributed by atoms with Gasteiger partial charge in [-0.25, -0.2) is 0 Å². The lowest BCUT2D eigenvalue weighted by Crippen LogP contribution is -2.33. The van der Waals surface area contributed by atoms with E-state index < -0.39 is 20.9 Å². The van der Waals surface area contributed by atoms with Crippen LogP contribution in [0.25, 0.3) is 0 Å². The highest BCUT2D eigenvalue weighted by Crippen LogP contribution is 2.30. The van der Waals surface area contributed by atoms with E-state index in [0.717, 1.165) is 12.3 Å². The number of rotatable bonds is 9. The minimum Gasteiger partial charge on any atom is -0.493 e. The average Bonchev–Trinajstić information content (AvgIpc) is 2.65. The van der Waals surface area contributed by atoms with E-state index in [1.165, 1.54) is 30.2 Å². The van der Waals surface area contributed by atoms with Gasteiger partial charge in [0.15, 0.2) is 11.5 Å². The molecular formula is C20H23ClN2O7S. The topological polar surface area (TPSA) is 116 Å². The third kappa shape index (κ3) is 6.83. The summed E-state index contributed by atoms with van der Waals surface area (Å²) >= 11 is 5.85. The highest BCUT2D eigenvalue weighted by molar-refractivity contribution is 7.86. The van der Waals surface area contributed by atoms with E-state index in [2.05, 4.69) is 0 Å². The summed E-state index contributed by atoms with van der Waals surface area (Å²) in [4.78, 5) is 25.2. The largest absolute Gasteiger partial charge is 0.493 e. The highest BCUT2D eigenvalue weighted by atomic mass is 35.5. The van der Waals surface area contributed by atoms with E-state index in [9.17, 15) is 23.3 Å². The lowest BCUT2D eigenvalue weighted by atomic mass is 10.1. The first-order chi connectivity index (χ1) is 14.4. The predicted octanol–water partition coefficient (Wildman–Crippen LogP) is 3.89. The molecule has 0 saturated carbocycles. The van der Waals surface area contributed by atoms with Crippen molar-refractivity contribution in [2.45, 2.75) is 20.4 Å². The van der Waals surface area contributed by atoms with Crippen molar-refractivity contribution in [1.82, 2.24) is 4.90 Å². The van der Waals surface area contributed by atoms with Crippen LogP contribution in [0.3, 0.4) is 0 Å². The Kier molecular flexibility index (Phi) is 7.85. The van der Waals surface area contributed by atoms with Crippen molar-refractivity contribution in [2.75, 3.05) is 19.9 Å². The summed E-state index contributed by atoms with van der Waals surface area (Å²) in [5.41, 5.74) is 0.361. The number of hydrogen-bond acceptors (Lipinski definition) is 7. The second-order valence-corrected chi connectivity index (χ2v) is 9.26. The highest BCUT2D eigenvalue weighted by Gasteiger charge is 2.22. The summed E-state index contributed by atoms with van der Waals surface area (Å²) in [6.45, 7) is 4.34. The van der Waals surface area contributed by atoms with Crippen LogP contribution in [0, 0.1) is 16.0 Å². The van der Waals surface area contributed by atoms with E-state index in [0.29, 0.717) is 12.1 Å². The molecule has 11 heteroatoms. The molecule has 0 heterocycles. The SMILES string of the molecule is COc1ccc(CN(CC(C)C)C(=O)c2ccc(Cl)c([N+](=O)[O-])c2)cc1OS(C)(=O)=O. The number of halogens is 1. The van der Waals surface area contributed by atoms with Gasteiger partial charge in [0.1, 0.15) is 5.02 Å². The summed E-state index contributed by atoms with van der Waals surface area (Å²) in [5.74, 6) is -0.0862. The zero-order valence-electron chi connectivity index (χ0n) is 17.5. The monoisotopic (exact) mass is 470 g/mol. The van der Waals surface area contributed by atoms with Gasteiger partial charge in [-0.05, 0) is 35.7 Å². The number of ether oxygens (including phenoxy) is 1. The van der Waals surface area contributed by atoms with Crippen molar-refractivity contribution in [3.8, 4) is 11.5 Å². The Morgan fingerprint density at radius 1 is 1.19 bits per heavy atom. The minimum atomic E-state index is -3.79. The normalized spacial score (nSPS) is 11.3. The molecule has 0 atom stereocenters. The number of methoxy groups -OCH3 is 1. The molecule has 9 nitrogen and oxygen atoms in total. The second-order valence-electron chi connectivity index (χ2n) is 7.28. The first kappa shape index (κ1) is 24.4. The molecule has 168 valence electrons. The van der Waals surface area contributed by atoms with Gasteiger partial charge in [0.05, 0.1) is 18.3 Å². The molecule has 0 N–H and O–H groups in total. The number of carbonyl (C=O) groups is 1. The zero-order valence-corrected chi connectivity index (χ0v) is 19.1. The van der Waals surface area contributed by atoms with Gasteiger partial charge in [0.25, 0.3) is 11.6 Å². The molecule has 0 spiro atoms. The van der Waals surface area contributed by atoms with E-state index in [1.54, 1.807) is 12.1 Å². The van der Waals surface area contributed by atoms with E-state index >= 15 is 0 Å². The standard InChI is InChI=1S/C20H23ClN2O7S/c1-13(2)11-22(20(24)15-6-7-16(21)17(10-15)23(25)26)12-14-5-8-18(29-3)19(9-14)30-31(4,27)28/h5-10,13H,11-12H2,1-4H3. The van der Waals surface area contributed by atoms with Gasteiger partial charge in [0, 0.05) is 24.7 Å². The molecule has 31 heavy (non-hydrogen) atoms. The number of benzene rings is 2. The van der Waals surface area contributed by atoms with Gasteiger partial charge in [-0.3, -0.25) is 14.9 Å². The Balaban J connectivity index is 2.40. The van der Waals surface area contributed by atoms with Crippen molar-refractivity contribution in [2.24, 2.45) is 5.92 Å². The van der Waals surface area contributed by atoms with Gasteiger partial charge >= 0.3 is 10.1 Å². The molecule has 1 amide bonds. The quantitative estimate of drug-likeness (QED) is 0.310. The van der Waals surface area contributed by atoms with Gasteiger partial charge in [-0.15, -0.1) is 0 Å². The van der Waals surface area contributed by atoms with Crippen molar-refractivity contribution in [1.29, 1.82) is 0 Å². The minimum absolute atomic E-state index is 0.00146. The maximum absolute atomic E-state index is 13.1. The number of nitro benzene ring substituents is 1. The Labute approximate surface area is 185 Å². The van der Waals surface area contributed by atoms with Crippen LogP contribution in [-0.4, -0.2) is 44.1 Å². The summed E-state index contributed by atoms with van der Waals surface area (Å²) in [6, 6.07) is 8.58. The van der Waals surface area contributed by atoms with Crippen LogP contribution < -0.4 is 8.92 Å². The van der Waals surface area contributed by atoms with Crippen molar-refractivity contribution < 1.29 is 27.1 Å². The zero-order chi connectivity index (χ0) is 23.3. The molecule has 2 rings (SSSR count). The van der Waals surface area contributed by atoms with E-state index in [-0.39, 0.29) is 40.2 Å². The molecule has 0 aliphatic rings. The van der Waals surface area contributed by atoms with Crippen LogP contribution in [0.2, 0.25) is 5.02 Å². The summed E-state index contributed by atoms with van der Waals surface area (Å²) in [6.07, 6.45) is 0.918. The van der Waals surface area contributed by atoms with Gasteiger partial charge in [-0.1, -0.05) is 31.5 Å². The summed E-state index contributed by atoms with van der Waals surface area (Å²) in [5, 5.41) is 11.1. The molecule has 2 aromatic rings. The Morgan fingerprint density at radius 3 is 2.42 bits per heavy atom. The van der Waals surface area contributed by atoms with Crippen LogP contribution in [0.1, 0.15) is 29.8 Å². The van der Waals surface area contributed by atoms with Crippen molar-refractivity contribution >= 4 is 33.3 Å². The van der Waals surface area contributed by atoms with E-state index in [4.69, 9.17) is 20.5 Å². The third-order valence-corrected chi connectivity index (χ3v) is 4.91. The van der Waals surface area contributed by atoms with Gasteiger partial charge < -0.3 is 13.8 Å². The molecule has 0 aromatic heterocycles. The number of nitrogens with zero attached hydrogens (tertiary/aromatic N) is 2. The summed E-state index contributed by atoms with van der Waals surface area (Å²) in [7, 11) is -2.41. The van der Waals surface area contributed by atoms with Crippen molar-refractivity contribution in [3.63, 3.8) is 0 Å². The predicted molar refractivity (Wildman–Crippen MR) is 116 cm³/mol. The molecule has 0 saturated heterocycles. The fourth-order valence-electron chi connectivity index (χ4n) is 2.90. The van der Waals surface area contributed by atoms with Gasteiger partial charge in [-0.2, -0.15) is 8.42 Å². The lowest BCUT2D eigenvalue weighted by Gasteiger charge is -2.25. The Morgan fingerprint density at radius 2 is 1.87 bits per heavy atom. The molecule has 0 fully saturated rings. The summed E-state index contributed by atoms with van der Waals surface area (Å²) < 4.78 is 33.2. The van der Waals surface area contributed by atoms with Crippen LogP contribution in [0.4, 0.5) is 5.69 Å². The molecule has 0 aliphatic heterocycles. The number of nitro groups is 1. The molecule has 0 bridgehead atoms. The Hall–Kier alpha value is -2.85. The maximum Gasteiger partial charge on any atom is 0.306 e. The van der Waals surface area contributed by atoms with Gasteiger partial charge in [0.2, 0.25) is 0 Å². The fourth-order valence-corrected chi connectivity index (χ4v) is 3.54. The second kappa shape index (κ2) is 9.97. The Bertz CT molecular complexity index is 1090. The first-order valence-corrected chi connectivity index (χ1v) is 11.4. The van der Waals surface area contributed by atoms with Crippen LogP contribution in [0.5, 0.6) is 11.5 Å². The third-order valence-electron chi connectivity index (χ3n) is 4.11. The van der Waals surface area contributed by atoms with Crippen LogP contribution in [-0.2, 0) is 16.7 Å². The molecule has 0 unspecified atom stereocenters. The van der Waals surface area contributed by atoms with E-state index in [1.807, 2.05) is 13.8 Å².